The Morgan fingerprint density at radius 2 is 2.07 bits per heavy atom. The number of hydrogen-bond donors (Lipinski definition) is 0. The molecule has 1 heterocycles. The molecule has 0 radical (unpaired) electrons. The van der Waals surface area contributed by atoms with Crippen molar-refractivity contribution in [3.63, 3.8) is 0 Å². The van der Waals surface area contributed by atoms with Crippen molar-refractivity contribution in [2.45, 2.75) is 6.92 Å². The summed E-state index contributed by atoms with van der Waals surface area (Å²) in [4.78, 5) is 38.6. The van der Waals surface area contributed by atoms with Crippen LogP contribution in [0.4, 0.5) is 0 Å². The molecule has 1 aliphatic rings. The Kier molecular flexibility index (Phi) is 1.53. The van der Waals surface area contributed by atoms with Gasteiger partial charge < -0.3 is 4.84 Å². The second-order valence-corrected chi connectivity index (χ2v) is 2.88. The van der Waals surface area contributed by atoms with Crippen LogP contribution < -0.4 is 0 Å². The number of nitrogens with zero attached hydrogens (tertiary/aromatic N) is 1. The lowest BCUT2D eigenvalue weighted by Gasteiger charge is -2.10. The Morgan fingerprint density at radius 1 is 1.40 bits per heavy atom. The molecular formula is C10H7NO4. The van der Waals surface area contributed by atoms with E-state index in [0.29, 0.717) is 5.06 Å². The molecule has 0 bridgehead atoms. The third-order valence-electron chi connectivity index (χ3n) is 1.83. The van der Waals surface area contributed by atoms with Gasteiger partial charge in [0.2, 0.25) is 0 Å². The van der Waals surface area contributed by atoms with Crippen LogP contribution in [0.15, 0.2) is 24.2 Å². The molecule has 15 heavy (non-hydrogen) atoms. The zero-order valence-corrected chi connectivity index (χ0v) is 7.73. The maximum Gasteiger partial charge on any atom is 0.330 e. The molecule has 0 spiro atoms. The molecule has 0 aromatic heterocycles. The summed E-state index contributed by atoms with van der Waals surface area (Å²) < 4.78 is 14.9. The number of rotatable bonds is 1. The van der Waals surface area contributed by atoms with E-state index in [4.69, 9.17) is 2.74 Å². The van der Waals surface area contributed by atoms with E-state index in [1.807, 2.05) is 0 Å². The number of amides is 2. The molecule has 1 aliphatic heterocycles. The minimum absolute atomic E-state index is 0.0303. The van der Waals surface area contributed by atoms with E-state index >= 15 is 0 Å². The van der Waals surface area contributed by atoms with Gasteiger partial charge in [0.05, 0.1) is 13.9 Å². The molecule has 2 rings (SSSR count). The molecule has 1 aromatic rings. The summed E-state index contributed by atoms with van der Waals surface area (Å²) in [6.45, 7) is 1.06. The average Bonchev–Trinajstić information content (AvgIpc) is 2.48. The van der Waals surface area contributed by atoms with Crippen molar-refractivity contribution < 1.29 is 22.0 Å². The van der Waals surface area contributed by atoms with E-state index in [1.165, 1.54) is 12.1 Å². The summed E-state index contributed by atoms with van der Waals surface area (Å²) in [6.07, 6.45) is 0. The van der Waals surface area contributed by atoms with Crippen LogP contribution in [0.1, 0.15) is 30.4 Å². The van der Waals surface area contributed by atoms with Crippen LogP contribution in [0, 0.1) is 0 Å². The molecule has 0 aliphatic carbocycles. The lowest BCUT2D eigenvalue weighted by Crippen LogP contribution is -2.31. The van der Waals surface area contributed by atoms with Crippen molar-refractivity contribution in [1.29, 1.82) is 0 Å². The molecule has 0 N–H and O–H groups in total. The molecule has 0 atom stereocenters. The number of hydroxylamine groups is 2. The van der Waals surface area contributed by atoms with Crippen LogP contribution >= 0.6 is 0 Å². The Morgan fingerprint density at radius 3 is 2.73 bits per heavy atom. The van der Waals surface area contributed by atoms with Crippen molar-refractivity contribution in [3.05, 3.63) is 35.3 Å². The maximum atomic E-state index is 11.7. The van der Waals surface area contributed by atoms with Crippen LogP contribution in [0.5, 0.6) is 0 Å². The van der Waals surface area contributed by atoms with Crippen LogP contribution in [-0.4, -0.2) is 22.8 Å². The molecule has 5 nitrogen and oxygen atoms in total. The molecule has 0 unspecified atom stereocenters. The van der Waals surface area contributed by atoms with E-state index in [0.717, 1.165) is 6.92 Å². The lowest BCUT2D eigenvalue weighted by molar-refractivity contribution is -0.165. The Balaban J connectivity index is 2.53. The molecule has 76 valence electrons. The highest BCUT2D eigenvalue weighted by atomic mass is 16.7. The predicted octanol–water partition coefficient (Wildman–Crippen LogP) is 0.761. The van der Waals surface area contributed by atoms with E-state index in [9.17, 15) is 14.4 Å². The van der Waals surface area contributed by atoms with Gasteiger partial charge in [-0.05, 0) is 12.1 Å². The van der Waals surface area contributed by atoms with Crippen molar-refractivity contribution in [2.75, 3.05) is 0 Å². The molecular weight excluding hydrogens is 198 g/mol. The third kappa shape index (κ3) is 1.38. The first kappa shape index (κ1) is 7.17. The van der Waals surface area contributed by atoms with Gasteiger partial charge in [-0.1, -0.05) is 17.2 Å². The number of carbonyl (C=O) groups is 3. The number of hydrogen-bond acceptors (Lipinski definition) is 4. The van der Waals surface area contributed by atoms with E-state index < -0.39 is 17.8 Å². The first-order chi connectivity index (χ1) is 7.93. The van der Waals surface area contributed by atoms with E-state index in [1.54, 1.807) is 0 Å². The summed E-state index contributed by atoms with van der Waals surface area (Å²) in [7, 11) is 0. The first-order valence-electron chi connectivity index (χ1n) is 5.11. The van der Waals surface area contributed by atoms with Gasteiger partial charge in [0, 0.05) is 6.92 Å². The van der Waals surface area contributed by atoms with Gasteiger partial charge >= 0.3 is 5.97 Å². The fourth-order valence-corrected chi connectivity index (χ4v) is 1.25. The second kappa shape index (κ2) is 3.20. The molecule has 2 amide bonds. The zero-order chi connectivity index (χ0) is 12.7. The summed E-state index contributed by atoms with van der Waals surface area (Å²) in [5, 5.41) is 0.310. The van der Waals surface area contributed by atoms with Crippen LogP contribution in [0.25, 0.3) is 0 Å². The van der Waals surface area contributed by atoms with Gasteiger partial charge in [-0.25, -0.2) is 4.79 Å². The SMILES string of the molecule is [2H]c1ccc2c(c1[2H])C(=O)N(OC(C)=O)C2=O. The van der Waals surface area contributed by atoms with Crippen molar-refractivity contribution in [2.24, 2.45) is 0 Å². The summed E-state index contributed by atoms with van der Waals surface area (Å²) >= 11 is 0. The smallest absolute Gasteiger partial charge is 0.330 e. The topological polar surface area (TPSA) is 63.7 Å². The summed E-state index contributed by atoms with van der Waals surface area (Å²) in [6, 6.07) is 1.98. The fourth-order valence-electron chi connectivity index (χ4n) is 1.25. The molecule has 1 aromatic carbocycles. The van der Waals surface area contributed by atoms with Crippen molar-refractivity contribution in [3.8, 4) is 0 Å². The zero-order valence-electron chi connectivity index (χ0n) is 9.73. The van der Waals surface area contributed by atoms with Crippen molar-refractivity contribution >= 4 is 17.8 Å². The predicted molar refractivity (Wildman–Crippen MR) is 48.7 cm³/mol. The second-order valence-electron chi connectivity index (χ2n) is 2.88. The highest BCUT2D eigenvalue weighted by molar-refractivity contribution is 6.20. The van der Waals surface area contributed by atoms with Gasteiger partial charge in [-0.3, -0.25) is 9.59 Å². The quantitative estimate of drug-likeness (QED) is 0.638. The average molecular weight is 207 g/mol. The van der Waals surface area contributed by atoms with Crippen molar-refractivity contribution in [1.82, 2.24) is 5.06 Å². The number of benzene rings is 1. The van der Waals surface area contributed by atoms with E-state index in [-0.39, 0.29) is 23.2 Å². The highest BCUT2D eigenvalue weighted by Crippen LogP contribution is 2.22. The van der Waals surface area contributed by atoms with Crippen LogP contribution in [0.2, 0.25) is 0 Å². The molecule has 5 heteroatoms. The maximum absolute atomic E-state index is 11.7. The lowest BCUT2D eigenvalue weighted by atomic mass is 10.1. The Hall–Kier alpha value is -2.17. The third-order valence-corrected chi connectivity index (χ3v) is 1.83. The normalized spacial score (nSPS) is 15.9. The van der Waals surface area contributed by atoms with E-state index in [2.05, 4.69) is 4.84 Å². The molecule has 0 saturated carbocycles. The Bertz CT molecular complexity index is 555. The van der Waals surface area contributed by atoms with Crippen LogP contribution in [0.3, 0.4) is 0 Å². The standard InChI is InChI=1S/C10H7NO4/c1-6(12)15-11-9(13)7-4-2-3-5-8(7)10(11)14/h2-5H,1H3/i2D,4D. The minimum atomic E-state index is -0.890. The largest absolute Gasteiger partial charge is 0.330 e. The molecule has 0 saturated heterocycles. The summed E-state index contributed by atoms with van der Waals surface area (Å²) in [5.41, 5.74) is -0.235. The highest BCUT2D eigenvalue weighted by Gasteiger charge is 2.37. The number of fused-ring (bicyclic) bond motifs is 1. The van der Waals surface area contributed by atoms with Gasteiger partial charge in [0.1, 0.15) is 0 Å². The van der Waals surface area contributed by atoms with Gasteiger partial charge in [-0.2, -0.15) is 0 Å². The van der Waals surface area contributed by atoms with Gasteiger partial charge in [0.15, 0.2) is 0 Å². The van der Waals surface area contributed by atoms with Crippen LogP contribution in [-0.2, 0) is 9.63 Å². The summed E-state index contributed by atoms with van der Waals surface area (Å²) in [5.74, 6) is -2.50. The monoisotopic (exact) mass is 207 g/mol. The molecule has 0 fully saturated rings. The minimum Gasteiger partial charge on any atom is -0.330 e. The Labute approximate surface area is 88.0 Å². The van der Waals surface area contributed by atoms with Gasteiger partial charge in [0.25, 0.3) is 11.8 Å². The fraction of sp³-hybridized carbons (Fsp3) is 0.100. The van der Waals surface area contributed by atoms with Gasteiger partial charge in [-0.15, -0.1) is 0 Å². The number of imide groups is 1. The number of carbonyl (C=O) groups excluding carboxylic acids is 3. The first-order valence-corrected chi connectivity index (χ1v) is 4.11.